The van der Waals surface area contributed by atoms with E-state index in [1.165, 1.54) is 0 Å². The zero-order chi connectivity index (χ0) is 13.8. The maximum absolute atomic E-state index is 12.2. The van der Waals surface area contributed by atoms with Crippen LogP contribution in [-0.4, -0.2) is 47.7 Å². The van der Waals surface area contributed by atoms with Crippen molar-refractivity contribution in [2.24, 2.45) is 11.8 Å². The quantitative estimate of drug-likeness (QED) is 0.840. The average Bonchev–Trinajstić information content (AvgIpc) is 2.88. The van der Waals surface area contributed by atoms with E-state index in [1.807, 2.05) is 6.92 Å². The van der Waals surface area contributed by atoms with Gasteiger partial charge in [-0.25, -0.2) is 4.79 Å². The summed E-state index contributed by atoms with van der Waals surface area (Å²) >= 11 is 0. The summed E-state index contributed by atoms with van der Waals surface area (Å²) in [4.78, 5) is 25.0. The predicted molar refractivity (Wildman–Crippen MR) is 69.7 cm³/mol. The van der Waals surface area contributed by atoms with E-state index in [2.05, 4.69) is 0 Å². The van der Waals surface area contributed by atoms with Crippen LogP contribution in [-0.2, 0) is 14.3 Å². The van der Waals surface area contributed by atoms with Gasteiger partial charge in [0, 0.05) is 26.2 Å². The summed E-state index contributed by atoms with van der Waals surface area (Å²) in [5.41, 5.74) is 0. The van der Waals surface area contributed by atoms with Gasteiger partial charge in [0.1, 0.15) is 6.04 Å². The van der Waals surface area contributed by atoms with Crippen molar-refractivity contribution in [2.75, 3.05) is 19.8 Å². The largest absolute Gasteiger partial charge is 0.480 e. The van der Waals surface area contributed by atoms with Gasteiger partial charge in [-0.3, -0.25) is 4.79 Å². The molecule has 2 saturated heterocycles. The second-order valence-electron chi connectivity index (χ2n) is 5.84. The van der Waals surface area contributed by atoms with Gasteiger partial charge in [-0.2, -0.15) is 0 Å². The Bertz CT molecular complexity index is 338. The minimum Gasteiger partial charge on any atom is -0.480 e. The first-order valence-electron chi connectivity index (χ1n) is 7.18. The minimum atomic E-state index is -0.871. The number of rotatable bonds is 4. The Hall–Kier alpha value is -1.10. The summed E-state index contributed by atoms with van der Waals surface area (Å²) in [6, 6.07) is -0.629. The summed E-state index contributed by atoms with van der Waals surface area (Å²) in [6.07, 6.45) is 3.77. The molecule has 1 amide bonds. The first-order valence-corrected chi connectivity index (χ1v) is 7.18. The molecule has 0 aromatic rings. The lowest BCUT2D eigenvalue weighted by Gasteiger charge is -2.36. The second kappa shape index (κ2) is 6.37. The van der Waals surface area contributed by atoms with Crippen LogP contribution in [0.15, 0.2) is 0 Å². The minimum absolute atomic E-state index is 0.00815. The van der Waals surface area contributed by atoms with E-state index in [0.29, 0.717) is 31.2 Å². The van der Waals surface area contributed by atoms with E-state index in [4.69, 9.17) is 4.74 Å². The summed E-state index contributed by atoms with van der Waals surface area (Å²) in [6.45, 7) is 4.16. The Labute approximate surface area is 113 Å². The van der Waals surface area contributed by atoms with Crippen LogP contribution < -0.4 is 0 Å². The Kier molecular flexibility index (Phi) is 4.80. The molecule has 3 atom stereocenters. The maximum atomic E-state index is 12.2. The molecule has 0 radical (unpaired) electrons. The molecule has 0 aliphatic carbocycles. The van der Waals surface area contributed by atoms with Crippen LogP contribution in [0.2, 0.25) is 0 Å². The number of amides is 1. The molecule has 3 unspecified atom stereocenters. The molecule has 0 saturated carbocycles. The van der Waals surface area contributed by atoms with E-state index in [1.54, 1.807) is 4.90 Å². The SMILES string of the molecule is CC1CCN(C(=O)CCC2CCOC2)C(C(=O)O)C1. The molecule has 2 aliphatic rings. The molecular formula is C14H23NO4. The van der Waals surface area contributed by atoms with E-state index in [0.717, 1.165) is 32.5 Å². The number of piperidine rings is 1. The third kappa shape index (κ3) is 3.69. The highest BCUT2D eigenvalue weighted by molar-refractivity contribution is 5.83. The molecule has 2 rings (SSSR count). The molecule has 19 heavy (non-hydrogen) atoms. The number of nitrogens with zero attached hydrogens (tertiary/aromatic N) is 1. The topological polar surface area (TPSA) is 66.8 Å². The lowest BCUT2D eigenvalue weighted by Crippen LogP contribution is -2.49. The van der Waals surface area contributed by atoms with Crippen LogP contribution in [0, 0.1) is 11.8 Å². The lowest BCUT2D eigenvalue weighted by atomic mass is 9.91. The fourth-order valence-electron chi connectivity index (χ4n) is 2.96. The van der Waals surface area contributed by atoms with Crippen molar-refractivity contribution >= 4 is 11.9 Å². The van der Waals surface area contributed by atoms with Crippen LogP contribution in [0.25, 0.3) is 0 Å². The molecule has 0 spiro atoms. The van der Waals surface area contributed by atoms with Gasteiger partial charge in [0.25, 0.3) is 0 Å². The van der Waals surface area contributed by atoms with Gasteiger partial charge in [0.2, 0.25) is 5.91 Å². The van der Waals surface area contributed by atoms with Gasteiger partial charge < -0.3 is 14.7 Å². The van der Waals surface area contributed by atoms with Crippen molar-refractivity contribution in [1.29, 1.82) is 0 Å². The summed E-state index contributed by atoms with van der Waals surface area (Å²) in [5, 5.41) is 9.24. The Morgan fingerprint density at radius 1 is 1.37 bits per heavy atom. The van der Waals surface area contributed by atoms with E-state index >= 15 is 0 Å². The molecule has 2 fully saturated rings. The smallest absolute Gasteiger partial charge is 0.326 e. The number of likely N-dealkylation sites (tertiary alicyclic amines) is 1. The van der Waals surface area contributed by atoms with Gasteiger partial charge in [0.15, 0.2) is 0 Å². The molecular weight excluding hydrogens is 246 g/mol. The van der Waals surface area contributed by atoms with Crippen LogP contribution in [0.3, 0.4) is 0 Å². The first kappa shape index (κ1) is 14.3. The number of ether oxygens (including phenoxy) is 1. The average molecular weight is 269 g/mol. The molecule has 1 N–H and O–H groups in total. The summed E-state index contributed by atoms with van der Waals surface area (Å²) in [7, 11) is 0. The van der Waals surface area contributed by atoms with Crippen LogP contribution in [0.5, 0.6) is 0 Å². The van der Waals surface area contributed by atoms with Crippen molar-refractivity contribution in [2.45, 2.75) is 45.1 Å². The monoisotopic (exact) mass is 269 g/mol. The van der Waals surface area contributed by atoms with Gasteiger partial charge in [-0.05, 0) is 37.5 Å². The predicted octanol–water partition coefficient (Wildman–Crippen LogP) is 1.51. The number of hydrogen-bond acceptors (Lipinski definition) is 3. The molecule has 2 heterocycles. The van der Waals surface area contributed by atoms with Crippen molar-refractivity contribution in [1.82, 2.24) is 4.90 Å². The van der Waals surface area contributed by atoms with Gasteiger partial charge in [0.05, 0.1) is 0 Å². The molecule has 5 nitrogen and oxygen atoms in total. The Morgan fingerprint density at radius 3 is 2.79 bits per heavy atom. The van der Waals surface area contributed by atoms with Crippen molar-refractivity contribution in [3.05, 3.63) is 0 Å². The molecule has 5 heteroatoms. The number of aliphatic carboxylic acids is 1. The number of carbonyl (C=O) groups excluding carboxylic acids is 1. The standard InChI is InChI=1S/C14H23NO4/c1-10-4-6-15(12(8-10)14(17)18)13(16)3-2-11-5-7-19-9-11/h10-12H,2-9H2,1H3,(H,17,18). The highest BCUT2D eigenvalue weighted by Crippen LogP contribution is 2.25. The fourth-order valence-corrected chi connectivity index (χ4v) is 2.96. The maximum Gasteiger partial charge on any atom is 0.326 e. The molecule has 0 bridgehead atoms. The summed E-state index contributed by atoms with van der Waals surface area (Å²) in [5.74, 6) is -0.0281. The number of hydrogen-bond donors (Lipinski definition) is 1. The summed E-state index contributed by atoms with van der Waals surface area (Å²) < 4.78 is 5.29. The highest BCUT2D eigenvalue weighted by Gasteiger charge is 2.34. The fraction of sp³-hybridized carbons (Fsp3) is 0.857. The van der Waals surface area contributed by atoms with E-state index in [9.17, 15) is 14.7 Å². The van der Waals surface area contributed by atoms with Crippen LogP contribution in [0.1, 0.15) is 39.0 Å². The van der Waals surface area contributed by atoms with Crippen LogP contribution >= 0.6 is 0 Å². The Morgan fingerprint density at radius 2 is 2.16 bits per heavy atom. The molecule has 2 aliphatic heterocycles. The third-order valence-corrected chi connectivity index (χ3v) is 4.26. The highest BCUT2D eigenvalue weighted by atomic mass is 16.5. The van der Waals surface area contributed by atoms with Gasteiger partial charge in [-0.1, -0.05) is 6.92 Å². The van der Waals surface area contributed by atoms with E-state index < -0.39 is 12.0 Å². The zero-order valence-electron chi connectivity index (χ0n) is 11.5. The molecule has 108 valence electrons. The third-order valence-electron chi connectivity index (χ3n) is 4.26. The Balaban J connectivity index is 1.86. The normalized spacial score (nSPS) is 31.4. The number of carbonyl (C=O) groups is 2. The van der Waals surface area contributed by atoms with E-state index in [-0.39, 0.29) is 5.91 Å². The van der Waals surface area contributed by atoms with Crippen molar-refractivity contribution in [3.63, 3.8) is 0 Å². The molecule has 0 aromatic carbocycles. The zero-order valence-corrected chi connectivity index (χ0v) is 11.5. The van der Waals surface area contributed by atoms with Gasteiger partial charge in [-0.15, -0.1) is 0 Å². The lowest BCUT2D eigenvalue weighted by molar-refractivity contribution is -0.153. The number of carboxylic acid groups (broad SMARTS) is 1. The van der Waals surface area contributed by atoms with Crippen LogP contribution in [0.4, 0.5) is 0 Å². The number of carboxylic acids is 1. The van der Waals surface area contributed by atoms with Crippen molar-refractivity contribution < 1.29 is 19.4 Å². The van der Waals surface area contributed by atoms with Crippen molar-refractivity contribution in [3.8, 4) is 0 Å². The molecule has 0 aromatic heterocycles. The first-order chi connectivity index (χ1) is 9.08. The van der Waals surface area contributed by atoms with Gasteiger partial charge >= 0.3 is 5.97 Å². The second-order valence-corrected chi connectivity index (χ2v) is 5.84.